The predicted molar refractivity (Wildman–Crippen MR) is 260 cm³/mol. The number of halogens is 1. The van der Waals surface area contributed by atoms with E-state index in [1.807, 2.05) is 36.5 Å². The van der Waals surface area contributed by atoms with Crippen LogP contribution in [0.25, 0.3) is 49.9 Å². The molecule has 3 heterocycles. The van der Waals surface area contributed by atoms with Crippen molar-refractivity contribution in [2.45, 2.75) is 59.3 Å². The number of hydrogen-bond donors (Lipinski definition) is 0. The molecule has 0 radical (unpaired) electrons. The number of para-hydroxylation sites is 3. The van der Waals surface area contributed by atoms with E-state index in [0.29, 0.717) is 18.2 Å². The van der Waals surface area contributed by atoms with Gasteiger partial charge in [-0.1, -0.05) is 120 Å². The van der Waals surface area contributed by atoms with Gasteiger partial charge in [-0.3, -0.25) is 4.57 Å². The molecule has 0 fully saturated rings. The first-order chi connectivity index (χ1) is 30.6. The summed E-state index contributed by atoms with van der Waals surface area (Å²) < 4.78 is 24.5. The first-order valence-electron chi connectivity index (χ1n) is 22.1. The molecule has 0 unspecified atom stereocenters. The van der Waals surface area contributed by atoms with Crippen molar-refractivity contribution in [1.82, 2.24) is 9.55 Å². The fraction of sp³-hybridized carbons (Fsp3) is 0.175. The molecule has 0 spiro atoms. The van der Waals surface area contributed by atoms with Crippen molar-refractivity contribution in [1.29, 1.82) is 0 Å². The van der Waals surface area contributed by atoms with Gasteiger partial charge in [0.05, 0.1) is 22.4 Å². The van der Waals surface area contributed by atoms with Crippen molar-refractivity contribution >= 4 is 44.6 Å². The minimum atomic E-state index is -0.209. The van der Waals surface area contributed by atoms with E-state index in [0.717, 1.165) is 67.5 Å². The van der Waals surface area contributed by atoms with Gasteiger partial charge in [-0.05, 0) is 124 Å². The third-order valence-electron chi connectivity index (χ3n) is 12.5. The molecule has 312 valence electrons. The summed E-state index contributed by atoms with van der Waals surface area (Å²) in [6, 6.07) is 56.5. The summed E-state index contributed by atoms with van der Waals surface area (Å²) >= 11 is 0. The van der Waals surface area contributed by atoms with Gasteiger partial charge in [0.1, 0.15) is 29.8 Å². The number of anilines is 4. The minimum absolute atomic E-state index is 0.191. The molecule has 10 rings (SSSR count). The van der Waals surface area contributed by atoms with Crippen LogP contribution in [0.15, 0.2) is 170 Å². The van der Waals surface area contributed by atoms with E-state index in [9.17, 15) is 0 Å². The Morgan fingerprint density at radius 1 is 0.524 bits per heavy atom. The maximum Gasteiger partial charge on any atom is 0.137 e. The fourth-order valence-corrected chi connectivity index (χ4v) is 9.26. The van der Waals surface area contributed by atoms with Crippen LogP contribution >= 0.6 is 0 Å². The van der Waals surface area contributed by atoms with Crippen LogP contribution in [0.5, 0.6) is 11.5 Å². The highest BCUT2D eigenvalue weighted by Crippen LogP contribution is 2.50. The smallest absolute Gasteiger partial charge is 0.137 e. The molecular formula is C57H51FN4O. The Kier molecular flexibility index (Phi) is 10.3. The van der Waals surface area contributed by atoms with E-state index in [4.69, 9.17) is 9.72 Å². The summed E-state index contributed by atoms with van der Waals surface area (Å²) in [6.07, 6.45) is 1.84. The van der Waals surface area contributed by atoms with Crippen molar-refractivity contribution in [3.8, 4) is 39.6 Å². The van der Waals surface area contributed by atoms with Crippen LogP contribution in [-0.2, 0) is 0 Å². The number of rotatable bonds is 10. The summed E-state index contributed by atoms with van der Waals surface area (Å²) in [4.78, 5) is 9.60. The second kappa shape index (κ2) is 16.3. The molecule has 6 heteroatoms. The van der Waals surface area contributed by atoms with Gasteiger partial charge >= 0.3 is 0 Å². The monoisotopic (exact) mass is 826 g/mol. The molecule has 0 aliphatic carbocycles. The molecule has 0 saturated heterocycles. The zero-order valence-electron chi connectivity index (χ0n) is 36.7. The number of fused-ring (bicyclic) bond motifs is 4. The quantitative estimate of drug-likeness (QED) is 0.138. The Labute approximate surface area is 369 Å². The highest BCUT2D eigenvalue weighted by atomic mass is 19.1. The average Bonchev–Trinajstić information content (AvgIpc) is 3.85. The molecule has 2 aromatic heterocycles. The van der Waals surface area contributed by atoms with Crippen LogP contribution < -0.4 is 14.5 Å². The Morgan fingerprint density at radius 3 is 1.89 bits per heavy atom. The average molecular weight is 827 g/mol. The standard InChI is InChI=1S/C57H51FN4O/c1-36(2)39-22-24-40(25-23-39)41-29-43(33-45(30-41)63-44-26-27-48-47-16-8-10-18-52(47)62(55(48)34-44)56-21-13-14-28-59-56)60-35-61(54-20-12-11-19-53(54)60)57-49(37(3)4)31-42(32-50(57)38(5)6)46-15-7-9-17-51(46)58/h7-34,36-38H,35H2,1-6H3. The second-order valence-electron chi connectivity index (χ2n) is 17.6. The van der Waals surface area contributed by atoms with Crippen LogP contribution in [0.1, 0.15) is 76.0 Å². The number of aromatic nitrogens is 2. The zero-order chi connectivity index (χ0) is 43.4. The number of benzene rings is 7. The number of ether oxygens (including phenoxy) is 1. The molecule has 0 saturated carbocycles. The van der Waals surface area contributed by atoms with Gasteiger partial charge in [0.15, 0.2) is 0 Å². The van der Waals surface area contributed by atoms with Gasteiger partial charge in [-0.2, -0.15) is 0 Å². The maximum absolute atomic E-state index is 15.3. The van der Waals surface area contributed by atoms with Crippen molar-refractivity contribution in [2.24, 2.45) is 0 Å². The lowest BCUT2D eigenvalue weighted by Crippen LogP contribution is -2.26. The third kappa shape index (κ3) is 7.29. The summed E-state index contributed by atoms with van der Waals surface area (Å²) in [5.41, 5.74) is 14.0. The number of nitrogens with zero attached hydrogens (tertiary/aromatic N) is 4. The molecule has 0 bridgehead atoms. The molecular weight excluding hydrogens is 776 g/mol. The molecule has 5 nitrogen and oxygen atoms in total. The van der Waals surface area contributed by atoms with Gasteiger partial charge in [-0.25, -0.2) is 9.37 Å². The molecule has 0 atom stereocenters. The first-order valence-corrected chi connectivity index (χ1v) is 22.1. The third-order valence-corrected chi connectivity index (χ3v) is 12.5. The van der Waals surface area contributed by atoms with Crippen LogP contribution in [0.2, 0.25) is 0 Å². The maximum atomic E-state index is 15.3. The van der Waals surface area contributed by atoms with E-state index in [1.165, 1.54) is 27.8 Å². The van der Waals surface area contributed by atoms with Crippen molar-refractivity contribution in [3.63, 3.8) is 0 Å². The van der Waals surface area contributed by atoms with E-state index in [1.54, 1.807) is 12.1 Å². The van der Waals surface area contributed by atoms with Crippen LogP contribution in [0, 0.1) is 5.82 Å². The summed E-state index contributed by atoms with van der Waals surface area (Å²) in [5, 5.41) is 2.31. The zero-order valence-corrected chi connectivity index (χ0v) is 36.7. The van der Waals surface area contributed by atoms with E-state index in [2.05, 4.69) is 177 Å². The minimum Gasteiger partial charge on any atom is -0.457 e. The largest absolute Gasteiger partial charge is 0.457 e. The molecule has 1 aliphatic rings. The molecule has 9 aromatic rings. The summed E-state index contributed by atoms with van der Waals surface area (Å²) in [5.74, 6) is 2.94. The van der Waals surface area contributed by atoms with Gasteiger partial charge < -0.3 is 14.5 Å². The Bertz CT molecular complexity index is 3100. The van der Waals surface area contributed by atoms with E-state index < -0.39 is 0 Å². The van der Waals surface area contributed by atoms with Gasteiger partial charge in [0, 0.05) is 46.0 Å². The second-order valence-corrected chi connectivity index (χ2v) is 17.6. The molecule has 0 amide bonds. The number of hydrogen-bond acceptors (Lipinski definition) is 4. The molecule has 1 aliphatic heterocycles. The molecule has 7 aromatic carbocycles. The topological polar surface area (TPSA) is 33.5 Å². The Hall–Kier alpha value is -7.18. The highest BCUT2D eigenvalue weighted by molar-refractivity contribution is 6.09. The van der Waals surface area contributed by atoms with Gasteiger partial charge in [-0.15, -0.1) is 0 Å². The first kappa shape index (κ1) is 39.9. The van der Waals surface area contributed by atoms with Crippen molar-refractivity contribution in [3.05, 3.63) is 192 Å². The molecule has 0 N–H and O–H groups in total. The Balaban J connectivity index is 1.10. The van der Waals surface area contributed by atoms with Crippen LogP contribution in [-0.4, -0.2) is 16.2 Å². The fourth-order valence-electron chi connectivity index (χ4n) is 9.26. The molecule has 63 heavy (non-hydrogen) atoms. The van der Waals surface area contributed by atoms with E-state index >= 15 is 4.39 Å². The van der Waals surface area contributed by atoms with E-state index in [-0.39, 0.29) is 17.7 Å². The lowest BCUT2D eigenvalue weighted by Gasteiger charge is -2.30. The lowest BCUT2D eigenvalue weighted by molar-refractivity contribution is 0.483. The summed E-state index contributed by atoms with van der Waals surface area (Å²) in [7, 11) is 0. The lowest BCUT2D eigenvalue weighted by atomic mass is 9.87. The Morgan fingerprint density at radius 2 is 1.19 bits per heavy atom. The van der Waals surface area contributed by atoms with Crippen LogP contribution in [0.4, 0.5) is 27.1 Å². The van der Waals surface area contributed by atoms with Crippen LogP contribution in [0.3, 0.4) is 0 Å². The number of pyridine rings is 1. The highest BCUT2D eigenvalue weighted by Gasteiger charge is 2.33. The SMILES string of the molecule is CC(C)c1ccc(-c2cc(Oc3ccc4c5ccccc5n(-c5ccccn5)c4c3)cc(N3CN(c4c(C(C)C)cc(-c5ccccc5F)cc4C(C)C)c4ccccc43)c2)cc1. The van der Waals surface area contributed by atoms with Crippen molar-refractivity contribution < 1.29 is 9.13 Å². The van der Waals surface area contributed by atoms with Gasteiger partial charge in [0.25, 0.3) is 0 Å². The normalized spacial score (nSPS) is 12.7. The van der Waals surface area contributed by atoms with Gasteiger partial charge in [0.2, 0.25) is 0 Å². The van der Waals surface area contributed by atoms with Crippen molar-refractivity contribution in [2.75, 3.05) is 16.5 Å². The predicted octanol–water partition coefficient (Wildman–Crippen LogP) is 16.1. The summed E-state index contributed by atoms with van der Waals surface area (Å²) in [6.45, 7) is 14.0.